The minimum absolute atomic E-state index is 0.000357. The van der Waals surface area contributed by atoms with Crippen molar-refractivity contribution < 1.29 is 40.8 Å². The van der Waals surface area contributed by atoms with Crippen LogP contribution < -0.4 is 10.6 Å². The van der Waals surface area contributed by atoms with Gasteiger partial charge in [-0.2, -0.15) is 0 Å². The fourth-order valence-electron chi connectivity index (χ4n) is 4.65. The molecule has 3 fully saturated rings. The number of carbonyl (C=O) groups excluding carboxylic acids is 2. The zero-order valence-electron chi connectivity index (χ0n) is 26.9. The maximum absolute atomic E-state index is 12.4. The Balaban J connectivity index is 0.000000281. The van der Waals surface area contributed by atoms with E-state index in [1.165, 1.54) is 0 Å². The van der Waals surface area contributed by atoms with E-state index in [1.807, 2.05) is 55.4 Å². The first kappa shape index (κ1) is 29.6. The van der Waals surface area contributed by atoms with Gasteiger partial charge >= 0.3 is 0 Å². The Kier molecular flexibility index (Phi) is 10.8. The molecule has 11 nitrogen and oxygen atoms in total. The first-order chi connectivity index (χ1) is 18.6. The predicted octanol–water partition coefficient (Wildman–Crippen LogP) is 1.12. The average molecular weight is 550 g/mol. The molecule has 0 aromatic heterocycles. The van der Waals surface area contributed by atoms with Crippen molar-refractivity contribution in [2.75, 3.05) is 47.5 Å². The van der Waals surface area contributed by atoms with E-state index in [2.05, 4.69) is 10.6 Å². The Labute approximate surface area is 231 Å². The molecular formula is C27H51N3O8. The first-order valence-corrected chi connectivity index (χ1v) is 13.5. The van der Waals surface area contributed by atoms with Crippen LogP contribution in [0, 0.1) is 0 Å². The van der Waals surface area contributed by atoms with Crippen LogP contribution in [0.5, 0.6) is 0 Å². The number of likely N-dealkylation sites (N-methyl/N-ethyl adjacent to an activating group) is 3. The van der Waals surface area contributed by atoms with Gasteiger partial charge in [0.1, 0.15) is 12.2 Å². The number of hydrogen-bond acceptors (Lipinski definition) is 9. The van der Waals surface area contributed by atoms with Crippen LogP contribution in [0.3, 0.4) is 0 Å². The highest BCUT2D eigenvalue weighted by Crippen LogP contribution is 2.41. The Morgan fingerprint density at radius 2 is 1.50 bits per heavy atom. The molecular weight excluding hydrogens is 494 g/mol. The summed E-state index contributed by atoms with van der Waals surface area (Å²) in [5.41, 5.74) is -2.47. The summed E-state index contributed by atoms with van der Waals surface area (Å²) >= 11 is 0. The third-order valence-corrected chi connectivity index (χ3v) is 6.57. The number of rotatable bonds is 12. The van der Waals surface area contributed by atoms with Crippen LogP contribution in [-0.2, 0) is 38.0 Å². The van der Waals surface area contributed by atoms with Crippen molar-refractivity contribution in [2.45, 2.75) is 115 Å². The molecule has 2 bridgehead atoms. The number of likely N-dealkylation sites (tertiary alicyclic amines) is 1. The van der Waals surface area contributed by atoms with E-state index in [1.54, 1.807) is 26.0 Å². The normalized spacial score (nSPS) is 37.2. The fourth-order valence-corrected chi connectivity index (χ4v) is 4.65. The standard InChI is InChI=1S/C14H28N2O4.C13H23NO4/c1-9(2)18-8-14(13(17)16-6)12(20-10(3)4)11(15-5)7-19-14;1-8(2)16-7-13-11(18-9(3)4)10(6-17-13)14(5)12(13)15/h9-12,15H,7-8H2,1-6H3,(H,16,17);8-11H,6-7H2,1-5H3/t11-,12?,14-;10-,11?,13-/m11/s1/i7T;6T/t7-,11+,12?,14+;6-,10+,11?,13+/m00. The molecule has 3 heterocycles. The van der Waals surface area contributed by atoms with Gasteiger partial charge in [0.15, 0.2) is 11.2 Å². The fraction of sp³-hybridized carbons (Fsp3) is 0.926. The van der Waals surface area contributed by atoms with Gasteiger partial charge in [0.2, 0.25) is 0 Å². The van der Waals surface area contributed by atoms with Crippen molar-refractivity contribution in [3.63, 3.8) is 0 Å². The Bertz CT molecular complexity index is 851. The molecule has 2 N–H and O–H groups in total. The summed E-state index contributed by atoms with van der Waals surface area (Å²) in [6.45, 7) is 13.7. The summed E-state index contributed by atoms with van der Waals surface area (Å²) in [4.78, 5) is 26.4. The van der Waals surface area contributed by atoms with E-state index in [4.69, 9.17) is 31.2 Å². The molecule has 0 aliphatic carbocycles. The lowest BCUT2D eigenvalue weighted by molar-refractivity contribution is -0.173. The quantitative estimate of drug-likeness (QED) is 0.369. The summed E-state index contributed by atoms with van der Waals surface area (Å²) in [6.07, 6.45) is -1.20. The van der Waals surface area contributed by atoms with Crippen LogP contribution in [-0.4, -0.2) is 124 Å². The summed E-state index contributed by atoms with van der Waals surface area (Å²) < 4.78 is 50.4. The van der Waals surface area contributed by atoms with Gasteiger partial charge in [-0.3, -0.25) is 9.59 Å². The second kappa shape index (κ2) is 13.8. The second-order valence-electron chi connectivity index (χ2n) is 11.0. The molecule has 0 spiro atoms. The first-order valence-electron chi connectivity index (χ1n) is 14.6. The number of morpholine rings is 1. The molecule has 38 heavy (non-hydrogen) atoms. The van der Waals surface area contributed by atoms with Crippen LogP contribution in [0.1, 0.15) is 58.1 Å². The van der Waals surface area contributed by atoms with Crippen LogP contribution in [0.15, 0.2) is 0 Å². The van der Waals surface area contributed by atoms with Gasteiger partial charge in [-0.05, 0) is 62.4 Å². The number of ether oxygens (including phenoxy) is 6. The van der Waals surface area contributed by atoms with Crippen LogP contribution in [0.25, 0.3) is 0 Å². The maximum atomic E-state index is 12.4. The third kappa shape index (κ3) is 7.04. The van der Waals surface area contributed by atoms with Crippen molar-refractivity contribution >= 4 is 11.8 Å². The maximum Gasteiger partial charge on any atom is 0.260 e. The van der Waals surface area contributed by atoms with E-state index in [0.717, 1.165) is 0 Å². The molecule has 3 aliphatic heterocycles. The van der Waals surface area contributed by atoms with Gasteiger partial charge in [-0.25, -0.2) is 0 Å². The molecule has 2 amide bonds. The smallest absolute Gasteiger partial charge is 0.260 e. The molecule has 0 radical (unpaired) electrons. The molecule has 222 valence electrons. The molecule has 11 heteroatoms. The topological polar surface area (TPSA) is 117 Å². The highest BCUT2D eigenvalue weighted by atomic mass is 16.6. The summed E-state index contributed by atoms with van der Waals surface area (Å²) in [6, 6.07) is -0.758. The summed E-state index contributed by atoms with van der Waals surface area (Å²) in [5, 5.41) is 5.62. The van der Waals surface area contributed by atoms with Gasteiger partial charge in [-0.15, -0.1) is 0 Å². The number of nitrogens with one attached hydrogen (secondary N) is 2. The van der Waals surface area contributed by atoms with Crippen LogP contribution in [0.2, 0.25) is 0 Å². The SMILES string of the molecule is [3H][C@@H]1O[C@@](COC(C)C)(C(=O)NC)C(OC(C)C)[C@@H]1NC.[3H][C@@H]1O[C@@]2(COC(C)C)C(=O)N(C)[C@H]1C2OC(C)C. The lowest BCUT2D eigenvalue weighted by Gasteiger charge is -2.35. The lowest BCUT2D eigenvalue weighted by Crippen LogP contribution is -2.60. The Hall–Kier alpha value is -1.34. The van der Waals surface area contributed by atoms with Crippen molar-refractivity contribution in [3.8, 4) is 0 Å². The van der Waals surface area contributed by atoms with Gasteiger partial charge in [0.25, 0.3) is 11.8 Å². The van der Waals surface area contributed by atoms with Gasteiger partial charge < -0.3 is 44.0 Å². The van der Waals surface area contributed by atoms with Gasteiger partial charge in [0, 0.05) is 14.1 Å². The van der Waals surface area contributed by atoms with E-state index >= 15 is 0 Å². The van der Waals surface area contributed by atoms with E-state index < -0.39 is 42.6 Å². The number of hydrogen-bond donors (Lipinski definition) is 2. The second-order valence-corrected chi connectivity index (χ2v) is 11.0. The number of amides is 2. The minimum Gasteiger partial charge on any atom is -0.375 e. The molecule has 0 saturated carbocycles. The van der Waals surface area contributed by atoms with E-state index in [9.17, 15) is 9.59 Å². The Morgan fingerprint density at radius 3 is 2.00 bits per heavy atom. The monoisotopic (exact) mass is 549 g/mol. The van der Waals surface area contributed by atoms with Crippen LogP contribution in [0.4, 0.5) is 0 Å². The lowest BCUT2D eigenvalue weighted by atomic mass is 9.93. The molecule has 0 aromatic carbocycles. The zero-order chi connectivity index (χ0) is 30.6. The molecule has 3 aliphatic rings. The number of fused-ring (bicyclic) bond motifs is 2. The predicted molar refractivity (Wildman–Crippen MR) is 143 cm³/mol. The highest BCUT2D eigenvalue weighted by molar-refractivity contribution is 5.90. The van der Waals surface area contributed by atoms with Crippen LogP contribution >= 0.6 is 0 Å². The van der Waals surface area contributed by atoms with Gasteiger partial charge in [-0.1, -0.05) is 0 Å². The minimum atomic E-state index is -1.32. The summed E-state index contributed by atoms with van der Waals surface area (Å²) in [5.74, 6) is -0.476. The average Bonchev–Trinajstić information content (AvgIpc) is 3.36. The van der Waals surface area contributed by atoms with Crippen molar-refractivity contribution in [3.05, 3.63) is 0 Å². The molecule has 0 aromatic rings. The third-order valence-electron chi connectivity index (χ3n) is 6.57. The molecule has 8 atom stereocenters. The number of carbonyl (C=O) groups is 2. The summed E-state index contributed by atoms with van der Waals surface area (Å²) in [7, 11) is 4.97. The molecule has 3 saturated heterocycles. The van der Waals surface area contributed by atoms with E-state index in [-0.39, 0.29) is 55.5 Å². The molecule has 2 unspecified atom stereocenters. The number of nitrogens with zero attached hydrogens (tertiary/aromatic N) is 1. The van der Waals surface area contributed by atoms with E-state index in [0.29, 0.717) is 0 Å². The van der Waals surface area contributed by atoms with Crippen molar-refractivity contribution in [2.24, 2.45) is 0 Å². The zero-order valence-corrected chi connectivity index (χ0v) is 24.9. The van der Waals surface area contributed by atoms with Crippen molar-refractivity contribution in [1.82, 2.24) is 15.5 Å². The molecule has 3 rings (SSSR count). The highest BCUT2D eigenvalue weighted by Gasteiger charge is 2.65. The van der Waals surface area contributed by atoms with Gasteiger partial charge in [0.05, 0.1) is 65.6 Å². The van der Waals surface area contributed by atoms with Crippen molar-refractivity contribution in [1.29, 1.82) is 0 Å². The Morgan fingerprint density at radius 1 is 0.947 bits per heavy atom. The largest absolute Gasteiger partial charge is 0.375 e.